The summed E-state index contributed by atoms with van der Waals surface area (Å²) in [6, 6.07) is 12.1. The van der Waals surface area contributed by atoms with Crippen LogP contribution in [-0.4, -0.2) is 47.6 Å². The lowest BCUT2D eigenvalue weighted by molar-refractivity contribution is 0.248. The Bertz CT molecular complexity index is 1300. The van der Waals surface area contributed by atoms with Crippen LogP contribution in [0.3, 0.4) is 0 Å². The second-order valence-corrected chi connectivity index (χ2v) is 11.1. The molecular weight excluding hydrogens is 498 g/mol. The number of nitriles is 2. The summed E-state index contributed by atoms with van der Waals surface area (Å²) >= 11 is 8.98. The van der Waals surface area contributed by atoms with Gasteiger partial charge in [-0.05, 0) is 30.9 Å². The molecule has 1 aliphatic carbocycles. The molecule has 35 heavy (non-hydrogen) atoms. The van der Waals surface area contributed by atoms with E-state index in [1.54, 1.807) is 11.3 Å². The summed E-state index contributed by atoms with van der Waals surface area (Å²) in [4.78, 5) is 13.8. The van der Waals surface area contributed by atoms with Gasteiger partial charge in [0.1, 0.15) is 39.1 Å². The maximum absolute atomic E-state index is 10.1. The predicted molar refractivity (Wildman–Crippen MR) is 142 cm³/mol. The summed E-state index contributed by atoms with van der Waals surface area (Å²) in [5.41, 5.74) is 9.45. The van der Waals surface area contributed by atoms with Crippen molar-refractivity contribution in [1.29, 1.82) is 10.5 Å². The lowest BCUT2D eigenvalue weighted by atomic mass is 10.1. The number of hydrogen-bond donors (Lipinski definition) is 1. The molecule has 0 spiro atoms. The lowest BCUT2D eigenvalue weighted by Crippen LogP contribution is -2.47. The zero-order valence-corrected chi connectivity index (χ0v) is 21.5. The molecule has 0 atom stereocenters. The number of thioether (sulfide) groups is 1. The molecule has 10 heteroatoms. The molecule has 0 bridgehead atoms. The van der Waals surface area contributed by atoms with Crippen LogP contribution in [0.1, 0.15) is 29.7 Å². The number of nitrogens with zero attached hydrogens (tertiary/aromatic N) is 6. The Balaban J connectivity index is 1.35. The van der Waals surface area contributed by atoms with Crippen molar-refractivity contribution < 1.29 is 0 Å². The normalized spacial score (nSPS) is 16.1. The van der Waals surface area contributed by atoms with Gasteiger partial charge in [0.2, 0.25) is 0 Å². The Morgan fingerprint density at radius 3 is 2.43 bits per heavy atom. The maximum atomic E-state index is 10.1. The summed E-state index contributed by atoms with van der Waals surface area (Å²) in [7, 11) is 0. The van der Waals surface area contributed by atoms with Crippen molar-refractivity contribution in [3.63, 3.8) is 0 Å². The van der Waals surface area contributed by atoms with Crippen LogP contribution in [0, 0.1) is 28.6 Å². The number of hydrogen-bond acceptors (Lipinski definition) is 9. The van der Waals surface area contributed by atoms with Crippen LogP contribution < -0.4 is 10.6 Å². The van der Waals surface area contributed by atoms with E-state index >= 15 is 0 Å². The number of pyridine rings is 1. The molecule has 1 aliphatic heterocycles. The van der Waals surface area contributed by atoms with Crippen molar-refractivity contribution in [3.8, 4) is 22.7 Å². The average molecular weight is 522 g/mol. The molecule has 3 aromatic rings. The highest BCUT2D eigenvalue weighted by atomic mass is 35.5. The second-order valence-electron chi connectivity index (χ2n) is 8.80. The average Bonchev–Trinajstić information content (AvgIpc) is 3.56. The van der Waals surface area contributed by atoms with E-state index in [1.165, 1.54) is 24.6 Å². The Kier molecular flexibility index (Phi) is 7.12. The third kappa shape index (κ3) is 5.39. The van der Waals surface area contributed by atoms with Gasteiger partial charge in [0.15, 0.2) is 0 Å². The number of aromatic nitrogens is 2. The standard InChI is InChI=1S/C25H24ClN7S2/c26-18-5-3-17(4-6-18)24-30-19(14-34-24)15-35-25-21(12-28)22(20(11-27)23(29)31-25)33-9-7-32(8-10-33)13-16-1-2-16/h3-6,14,16H,1-2,7-10,13,15H2,(H2,29,31). The number of halogens is 1. The van der Waals surface area contributed by atoms with Crippen molar-refractivity contribution in [2.45, 2.75) is 23.6 Å². The molecule has 2 N–H and O–H groups in total. The van der Waals surface area contributed by atoms with Crippen molar-refractivity contribution in [1.82, 2.24) is 14.9 Å². The first kappa shape index (κ1) is 23.9. The van der Waals surface area contributed by atoms with Gasteiger partial charge in [-0.15, -0.1) is 11.3 Å². The zero-order chi connectivity index (χ0) is 24.4. The van der Waals surface area contributed by atoms with Crippen molar-refractivity contribution >= 4 is 46.2 Å². The number of nitrogen functional groups attached to an aromatic ring is 1. The van der Waals surface area contributed by atoms with Gasteiger partial charge >= 0.3 is 0 Å². The summed E-state index contributed by atoms with van der Waals surface area (Å²) in [5.74, 6) is 1.56. The lowest BCUT2D eigenvalue weighted by Gasteiger charge is -2.37. The quantitative estimate of drug-likeness (QED) is 0.432. The molecule has 1 saturated carbocycles. The van der Waals surface area contributed by atoms with E-state index in [0.717, 1.165) is 54.9 Å². The first-order valence-corrected chi connectivity index (χ1v) is 13.7. The van der Waals surface area contributed by atoms with Gasteiger partial charge in [-0.3, -0.25) is 4.90 Å². The second kappa shape index (κ2) is 10.4. The molecule has 0 amide bonds. The van der Waals surface area contributed by atoms with Crippen LogP contribution in [0.4, 0.5) is 11.5 Å². The van der Waals surface area contributed by atoms with Gasteiger partial charge < -0.3 is 10.6 Å². The Labute approximate surface area is 218 Å². The van der Waals surface area contributed by atoms with Gasteiger partial charge in [0, 0.05) is 54.4 Å². The van der Waals surface area contributed by atoms with E-state index in [9.17, 15) is 10.5 Å². The highest BCUT2D eigenvalue weighted by Crippen LogP contribution is 2.37. The number of anilines is 2. The zero-order valence-electron chi connectivity index (χ0n) is 19.1. The predicted octanol–water partition coefficient (Wildman–Crippen LogP) is 5.01. The van der Waals surface area contributed by atoms with E-state index < -0.39 is 0 Å². The highest BCUT2D eigenvalue weighted by molar-refractivity contribution is 7.98. The molecule has 5 rings (SSSR count). The molecule has 1 aromatic carbocycles. The highest BCUT2D eigenvalue weighted by Gasteiger charge is 2.29. The Morgan fingerprint density at radius 1 is 1.06 bits per heavy atom. The van der Waals surface area contributed by atoms with Crippen LogP contribution in [-0.2, 0) is 5.75 Å². The van der Waals surface area contributed by atoms with Crippen LogP contribution in [0.5, 0.6) is 0 Å². The largest absolute Gasteiger partial charge is 0.382 e. The number of nitrogens with two attached hydrogens (primary N) is 1. The first-order valence-electron chi connectivity index (χ1n) is 11.5. The van der Waals surface area contributed by atoms with E-state index in [4.69, 9.17) is 22.3 Å². The third-order valence-electron chi connectivity index (χ3n) is 6.29. The fourth-order valence-electron chi connectivity index (χ4n) is 4.26. The topological polar surface area (TPSA) is 106 Å². The number of piperazine rings is 1. The monoisotopic (exact) mass is 521 g/mol. The van der Waals surface area contributed by atoms with Gasteiger partial charge in [-0.1, -0.05) is 35.5 Å². The SMILES string of the molecule is N#Cc1c(N)nc(SCc2csc(-c3ccc(Cl)cc3)n2)c(C#N)c1N1CCN(CC2CC2)CC1. The van der Waals surface area contributed by atoms with Gasteiger partial charge in [0.05, 0.1) is 11.4 Å². The van der Waals surface area contributed by atoms with Gasteiger partial charge in [-0.25, -0.2) is 9.97 Å². The minimum Gasteiger partial charge on any atom is -0.382 e. The Morgan fingerprint density at radius 2 is 1.77 bits per heavy atom. The van der Waals surface area contributed by atoms with Gasteiger partial charge in [-0.2, -0.15) is 10.5 Å². The maximum Gasteiger partial charge on any atom is 0.144 e. The van der Waals surface area contributed by atoms with E-state index in [0.29, 0.717) is 32.6 Å². The minimum absolute atomic E-state index is 0.171. The van der Waals surface area contributed by atoms with Gasteiger partial charge in [0.25, 0.3) is 0 Å². The van der Waals surface area contributed by atoms with E-state index in [1.807, 2.05) is 29.6 Å². The molecular formula is C25H24ClN7S2. The fourth-order valence-corrected chi connectivity index (χ4v) is 6.20. The van der Waals surface area contributed by atoms with Crippen LogP contribution >= 0.6 is 34.7 Å². The molecule has 1 saturated heterocycles. The van der Waals surface area contributed by atoms with E-state index in [-0.39, 0.29) is 5.82 Å². The number of benzene rings is 1. The molecule has 178 valence electrons. The molecule has 7 nitrogen and oxygen atoms in total. The summed E-state index contributed by atoms with van der Waals surface area (Å²) in [5, 5.41) is 24.0. The van der Waals surface area contributed by atoms with Crippen molar-refractivity contribution in [3.05, 3.63) is 51.5 Å². The number of rotatable bonds is 7. The molecule has 3 heterocycles. The minimum atomic E-state index is 0.171. The molecule has 2 fully saturated rings. The molecule has 0 radical (unpaired) electrons. The van der Waals surface area contributed by atoms with Crippen LogP contribution in [0.25, 0.3) is 10.6 Å². The summed E-state index contributed by atoms with van der Waals surface area (Å²) < 4.78 is 0. The molecule has 2 aliphatic rings. The van der Waals surface area contributed by atoms with Crippen molar-refractivity contribution in [2.24, 2.45) is 5.92 Å². The van der Waals surface area contributed by atoms with Crippen LogP contribution in [0.2, 0.25) is 5.02 Å². The smallest absolute Gasteiger partial charge is 0.144 e. The Hall–Kier alpha value is -2.82. The first-order chi connectivity index (χ1) is 17.1. The molecule has 0 unspecified atom stereocenters. The van der Waals surface area contributed by atoms with E-state index in [2.05, 4.69) is 26.9 Å². The van der Waals surface area contributed by atoms with Crippen molar-refractivity contribution in [2.75, 3.05) is 43.4 Å². The number of thiazole rings is 1. The molecule has 2 aromatic heterocycles. The fraction of sp³-hybridized carbons (Fsp3) is 0.360. The summed E-state index contributed by atoms with van der Waals surface area (Å²) in [6.07, 6.45) is 2.66. The summed E-state index contributed by atoms with van der Waals surface area (Å²) in [6.45, 7) is 4.52. The third-order valence-corrected chi connectivity index (χ3v) is 8.49. The van der Waals surface area contributed by atoms with Crippen LogP contribution in [0.15, 0.2) is 34.7 Å².